The first-order valence-corrected chi connectivity index (χ1v) is 6.67. The van der Waals surface area contributed by atoms with Crippen LogP contribution in [0.25, 0.3) is 0 Å². The predicted octanol–water partition coefficient (Wildman–Crippen LogP) is 1.95. The van der Waals surface area contributed by atoms with Gasteiger partial charge in [-0.15, -0.1) is 0 Å². The molecule has 0 saturated heterocycles. The minimum atomic E-state index is 0.328. The minimum Gasteiger partial charge on any atom is -0.327 e. The fourth-order valence-corrected chi connectivity index (χ4v) is 2.45. The third-order valence-corrected chi connectivity index (χ3v) is 3.66. The lowest BCUT2D eigenvalue weighted by Crippen LogP contribution is -2.21. The zero-order valence-corrected chi connectivity index (χ0v) is 10.7. The van der Waals surface area contributed by atoms with Crippen molar-refractivity contribution in [1.29, 1.82) is 0 Å². The summed E-state index contributed by atoms with van der Waals surface area (Å²) in [5.41, 5.74) is 8.33. The molecule has 0 aromatic carbocycles. The van der Waals surface area contributed by atoms with Gasteiger partial charge in [-0.25, -0.2) is 0 Å². The van der Waals surface area contributed by atoms with Crippen molar-refractivity contribution in [2.24, 2.45) is 12.8 Å². The van der Waals surface area contributed by atoms with E-state index in [0.717, 1.165) is 24.3 Å². The lowest BCUT2D eigenvalue weighted by atomic mass is 10.3. The van der Waals surface area contributed by atoms with Crippen molar-refractivity contribution in [3.8, 4) is 0 Å². The number of aromatic nitrogens is 2. The van der Waals surface area contributed by atoms with E-state index in [-0.39, 0.29) is 0 Å². The van der Waals surface area contributed by atoms with Crippen molar-refractivity contribution in [2.45, 2.75) is 38.5 Å². The summed E-state index contributed by atoms with van der Waals surface area (Å²) in [7, 11) is 2.01. The largest absolute Gasteiger partial charge is 0.327 e. The highest BCUT2D eigenvalue weighted by Crippen LogP contribution is 2.14. The molecule has 15 heavy (non-hydrogen) atoms. The van der Waals surface area contributed by atoms with E-state index >= 15 is 0 Å². The molecule has 0 fully saturated rings. The fourth-order valence-electron chi connectivity index (χ4n) is 1.31. The number of rotatable bonds is 6. The van der Waals surface area contributed by atoms with Crippen molar-refractivity contribution in [1.82, 2.24) is 9.78 Å². The summed E-state index contributed by atoms with van der Waals surface area (Å²) in [6, 6.07) is 2.51. The first kappa shape index (κ1) is 12.6. The SMILES string of the molecule is CCc1cc(CSCC(N)CC)n(C)n1. The van der Waals surface area contributed by atoms with Crippen LogP contribution in [-0.2, 0) is 19.2 Å². The summed E-state index contributed by atoms with van der Waals surface area (Å²) in [4.78, 5) is 0. The molecule has 0 amide bonds. The van der Waals surface area contributed by atoms with E-state index in [1.807, 2.05) is 23.5 Å². The highest BCUT2D eigenvalue weighted by atomic mass is 32.2. The van der Waals surface area contributed by atoms with E-state index in [1.54, 1.807) is 0 Å². The molecule has 4 heteroatoms. The molecule has 1 aromatic rings. The van der Waals surface area contributed by atoms with Crippen LogP contribution in [0.2, 0.25) is 0 Å². The minimum absolute atomic E-state index is 0.328. The van der Waals surface area contributed by atoms with Crippen LogP contribution < -0.4 is 5.73 Å². The predicted molar refractivity (Wildman–Crippen MR) is 67.0 cm³/mol. The summed E-state index contributed by atoms with van der Waals surface area (Å²) in [6.45, 7) is 4.26. The molecule has 2 N–H and O–H groups in total. The van der Waals surface area contributed by atoms with Crippen LogP contribution >= 0.6 is 11.8 Å². The summed E-state index contributed by atoms with van der Waals surface area (Å²) in [6.07, 6.45) is 2.06. The molecule has 86 valence electrons. The van der Waals surface area contributed by atoms with Crippen LogP contribution in [-0.4, -0.2) is 21.6 Å². The Morgan fingerprint density at radius 3 is 2.80 bits per heavy atom. The lowest BCUT2D eigenvalue weighted by Gasteiger charge is -2.07. The van der Waals surface area contributed by atoms with E-state index in [1.165, 1.54) is 11.4 Å². The fraction of sp³-hybridized carbons (Fsp3) is 0.727. The molecule has 1 rings (SSSR count). The van der Waals surface area contributed by atoms with E-state index < -0.39 is 0 Å². The number of hydrogen-bond donors (Lipinski definition) is 1. The number of nitrogens with two attached hydrogens (primary N) is 1. The molecule has 1 atom stereocenters. The van der Waals surface area contributed by atoms with Crippen LogP contribution in [0.4, 0.5) is 0 Å². The summed E-state index contributed by atoms with van der Waals surface area (Å²) >= 11 is 1.89. The topological polar surface area (TPSA) is 43.8 Å². The molecule has 0 spiro atoms. The molecule has 0 aliphatic heterocycles. The van der Waals surface area contributed by atoms with Gasteiger partial charge < -0.3 is 5.73 Å². The molecule has 3 nitrogen and oxygen atoms in total. The third kappa shape index (κ3) is 3.87. The Kier molecular flexibility index (Phi) is 5.19. The van der Waals surface area contributed by atoms with Gasteiger partial charge in [-0.2, -0.15) is 16.9 Å². The average Bonchev–Trinajstić information content (AvgIpc) is 2.59. The van der Waals surface area contributed by atoms with Gasteiger partial charge in [0.15, 0.2) is 0 Å². The number of nitrogens with zero attached hydrogens (tertiary/aromatic N) is 2. The maximum absolute atomic E-state index is 5.86. The van der Waals surface area contributed by atoms with Crippen LogP contribution in [0.5, 0.6) is 0 Å². The second-order valence-electron chi connectivity index (χ2n) is 3.79. The molecule has 0 aliphatic rings. The van der Waals surface area contributed by atoms with Crippen LogP contribution in [0, 0.1) is 0 Å². The summed E-state index contributed by atoms with van der Waals surface area (Å²) < 4.78 is 1.98. The third-order valence-electron chi connectivity index (χ3n) is 2.50. The first-order chi connectivity index (χ1) is 7.17. The van der Waals surface area contributed by atoms with Gasteiger partial charge in [-0.05, 0) is 18.9 Å². The van der Waals surface area contributed by atoms with E-state index in [0.29, 0.717) is 6.04 Å². The van der Waals surface area contributed by atoms with Crippen molar-refractivity contribution < 1.29 is 0 Å². The molecular weight excluding hydrogens is 206 g/mol. The Morgan fingerprint density at radius 1 is 1.53 bits per heavy atom. The van der Waals surface area contributed by atoms with Gasteiger partial charge in [0.1, 0.15) is 0 Å². The highest BCUT2D eigenvalue weighted by molar-refractivity contribution is 7.98. The zero-order valence-electron chi connectivity index (χ0n) is 9.86. The van der Waals surface area contributed by atoms with E-state index in [2.05, 4.69) is 25.0 Å². The van der Waals surface area contributed by atoms with E-state index in [4.69, 9.17) is 5.73 Å². The normalized spacial score (nSPS) is 13.1. The van der Waals surface area contributed by atoms with Gasteiger partial charge in [0, 0.05) is 30.3 Å². The Bertz CT molecular complexity index is 296. The van der Waals surface area contributed by atoms with Crippen LogP contribution in [0.3, 0.4) is 0 Å². The highest BCUT2D eigenvalue weighted by Gasteiger charge is 2.05. The second-order valence-corrected chi connectivity index (χ2v) is 4.82. The monoisotopic (exact) mass is 227 g/mol. The maximum Gasteiger partial charge on any atom is 0.0624 e. The summed E-state index contributed by atoms with van der Waals surface area (Å²) in [5, 5.41) is 4.42. The Balaban J connectivity index is 2.40. The summed E-state index contributed by atoms with van der Waals surface area (Å²) in [5.74, 6) is 2.04. The van der Waals surface area contributed by atoms with Gasteiger partial charge in [-0.1, -0.05) is 13.8 Å². The Hall–Kier alpha value is -0.480. The van der Waals surface area contributed by atoms with Gasteiger partial charge in [0.2, 0.25) is 0 Å². The Morgan fingerprint density at radius 2 is 2.27 bits per heavy atom. The zero-order chi connectivity index (χ0) is 11.3. The van der Waals surface area contributed by atoms with Crippen molar-refractivity contribution in [3.63, 3.8) is 0 Å². The number of thioether (sulfide) groups is 1. The maximum atomic E-state index is 5.86. The van der Waals surface area contributed by atoms with Crippen LogP contribution in [0.1, 0.15) is 31.7 Å². The van der Waals surface area contributed by atoms with Gasteiger partial charge in [-0.3, -0.25) is 4.68 Å². The number of aryl methyl sites for hydroxylation is 2. The molecule has 0 saturated carbocycles. The first-order valence-electron chi connectivity index (χ1n) is 5.52. The smallest absolute Gasteiger partial charge is 0.0624 e. The van der Waals surface area contributed by atoms with Gasteiger partial charge >= 0.3 is 0 Å². The van der Waals surface area contributed by atoms with Crippen molar-refractivity contribution in [3.05, 3.63) is 17.5 Å². The quantitative estimate of drug-likeness (QED) is 0.808. The molecule has 0 aliphatic carbocycles. The molecular formula is C11H21N3S. The molecule has 0 radical (unpaired) electrons. The Labute approximate surface area is 96.4 Å². The lowest BCUT2D eigenvalue weighted by molar-refractivity contribution is 0.714. The van der Waals surface area contributed by atoms with Crippen molar-refractivity contribution in [2.75, 3.05) is 5.75 Å². The molecule has 1 aromatic heterocycles. The van der Waals surface area contributed by atoms with Gasteiger partial charge in [0.25, 0.3) is 0 Å². The molecule has 1 unspecified atom stereocenters. The van der Waals surface area contributed by atoms with Gasteiger partial charge in [0.05, 0.1) is 5.69 Å². The standard InChI is InChI=1S/C11H21N3S/c1-4-9(12)7-15-8-11-6-10(5-2)13-14(11)3/h6,9H,4-5,7-8,12H2,1-3H3. The molecule has 1 heterocycles. The average molecular weight is 227 g/mol. The van der Waals surface area contributed by atoms with E-state index in [9.17, 15) is 0 Å². The number of hydrogen-bond acceptors (Lipinski definition) is 3. The van der Waals surface area contributed by atoms with Crippen molar-refractivity contribution >= 4 is 11.8 Å². The second kappa shape index (κ2) is 6.18. The molecule has 0 bridgehead atoms. The van der Waals surface area contributed by atoms with Crippen LogP contribution in [0.15, 0.2) is 6.07 Å².